The number of hydrogen-bond acceptors (Lipinski definition) is 5. The molecule has 2 saturated heterocycles. The minimum absolute atomic E-state index is 0.0636. The zero-order chi connectivity index (χ0) is 29.9. The molecule has 3 fully saturated rings. The molecule has 2 aromatic rings. The third kappa shape index (κ3) is 4.38. The zero-order valence-corrected chi connectivity index (χ0v) is 26.6. The second-order valence-corrected chi connectivity index (χ2v) is 15.1. The number of nitrogens with zero attached hydrogens (tertiary/aromatic N) is 2. The van der Waals surface area contributed by atoms with Crippen LogP contribution in [0.3, 0.4) is 0 Å². The predicted molar refractivity (Wildman–Crippen MR) is 177 cm³/mol. The van der Waals surface area contributed by atoms with Crippen LogP contribution in [0.2, 0.25) is 0 Å². The number of fused-ring (bicyclic) bond motifs is 7. The molecule has 6 heterocycles. The summed E-state index contributed by atoms with van der Waals surface area (Å²) in [5, 5.41) is 18.8. The number of allylic oxidation sites excluding steroid dienone is 4. The number of benzene rings is 1. The highest BCUT2D eigenvalue weighted by atomic mass is 16.3. The number of aromatic nitrogens is 1. The van der Waals surface area contributed by atoms with E-state index in [-0.39, 0.29) is 35.0 Å². The van der Waals surface area contributed by atoms with Crippen LogP contribution in [0, 0.1) is 17.3 Å². The molecule has 0 radical (unpaired) electrons. The van der Waals surface area contributed by atoms with E-state index in [2.05, 4.69) is 68.7 Å². The van der Waals surface area contributed by atoms with Crippen LogP contribution in [0.1, 0.15) is 94.9 Å². The summed E-state index contributed by atoms with van der Waals surface area (Å²) < 4.78 is 0. The number of H-pyrrole nitrogens is 1. The van der Waals surface area contributed by atoms with Crippen LogP contribution in [0.25, 0.3) is 10.9 Å². The van der Waals surface area contributed by atoms with Crippen molar-refractivity contribution in [3.05, 3.63) is 59.8 Å². The van der Waals surface area contributed by atoms with Crippen LogP contribution in [0.5, 0.6) is 0 Å². The molecule has 1 saturated carbocycles. The summed E-state index contributed by atoms with van der Waals surface area (Å²) in [6, 6.07) is 9.37. The summed E-state index contributed by atoms with van der Waals surface area (Å²) in [6.45, 7) is 5.89. The molecule has 8 rings (SSSR count). The molecule has 8 atom stereocenters. The van der Waals surface area contributed by atoms with Gasteiger partial charge in [-0.3, -0.25) is 14.6 Å². The smallest absolute Gasteiger partial charge is 0.131 e. The summed E-state index contributed by atoms with van der Waals surface area (Å²) in [6.07, 6.45) is 22.0. The lowest BCUT2D eigenvalue weighted by Crippen LogP contribution is -2.74. The normalized spacial score (nSPS) is 41.0. The Labute approximate surface area is 263 Å². The number of aliphatic hydroxyl groups is 1. The first-order valence-electron chi connectivity index (χ1n) is 17.9. The van der Waals surface area contributed by atoms with Gasteiger partial charge >= 0.3 is 0 Å². The highest BCUT2D eigenvalue weighted by Crippen LogP contribution is 2.66. The average molecular weight is 597 g/mol. The molecule has 44 heavy (non-hydrogen) atoms. The van der Waals surface area contributed by atoms with Gasteiger partial charge in [-0.25, -0.2) is 0 Å². The highest BCUT2D eigenvalue weighted by molar-refractivity contribution is 5.85. The van der Waals surface area contributed by atoms with Crippen LogP contribution >= 0.6 is 0 Å². The molecule has 3 N–H and O–H groups in total. The van der Waals surface area contributed by atoms with Gasteiger partial charge in [0.15, 0.2) is 0 Å². The molecule has 6 heteroatoms. The number of aromatic amines is 1. The van der Waals surface area contributed by atoms with Gasteiger partial charge in [0.2, 0.25) is 0 Å². The minimum atomic E-state index is -0.435. The molecule has 3 unspecified atom stereocenters. The topological polar surface area (TPSA) is 71.6 Å². The summed E-state index contributed by atoms with van der Waals surface area (Å²) in [4.78, 5) is 22.3. The van der Waals surface area contributed by atoms with Crippen molar-refractivity contribution in [2.24, 2.45) is 17.3 Å². The molecule has 1 aliphatic carbocycles. The Bertz CT molecular complexity index is 1450. The number of nitrogens with one attached hydrogen (secondary N) is 2. The molecular formula is C38H52N4O2. The van der Waals surface area contributed by atoms with Crippen molar-refractivity contribution in [1.82, 2.24) is 20.1 Å². The van der Waals surface area contributed by atoms with Crippen LogP contribution < -0.4 is 5.32 Å². The highest BCUT2D eigenvalue weighted by Gasteiger charge is 2.74. The number of carbonyl (C=O) groups is 1. The third-order valence-electron chi connectivity index (χ3n) is 13.0. The van der Waals surface area contributed by atoms with Crippen molar-refractivity contribution in [2.45, 2.75) is 114 Å². The number of rotatable bonds is 2. The number of para-hydroxylation sites is 1. The standard InChI is InChI=1S/C38H52N4O2/c1-26(43)23-27-24-30-32(34-33-29(17-22-42(27)34)28-15-9-10-16-31(28)40-33)35(44)38-19-12-6-2-3-8-14-21-41(38)25-37(30)18-11-5-4-7-13-20-39-36(37)38/h2,4-6,9-10,15-16,27,30,32,34-36,39-40,44H,3,7-8,11-14,17-25H2,1H3/b5-4-,6-2-/t27-,30-,32+,34+,35-,36?,37?,38?/m0/s1. The fraction of sp³-hybridized carbons (Fsp3) is 0.658. The van der Waals surface area contributed by atoms with Gasteiger partial charge in [0, 0.05) is 59.5 Å². The van der Waals surface area contributed by atoms with Gasteiger partial charge in [-0.15, -0.1) is 0 Å². The van der Waals surface area contributed by atoms with Crippen LogP contribution in [-0.4, -0.2) is 75.6 Å². The minimum Gasteiger partial charge on any atom is -0.391 e. The second-order valence-electron chi connectivity index (χ2n) is 15.1. The average Bonchev–Trinajstić information content (AvgIpc) is 3.51. The molecule has 236 valence electrons. The summed E-state index contributed by atoms with van der Waals surface area (Å²) in [5.74, 6) is 0.774. The maximum Gasteiger partial charge on any atom is 0.131 e. The Kier molecular flexibility index (Phi) is 7.64. The molecule has 6 aliphatic rings. The first-order valence-corrected chi connectivity index (χ1v) is 17.9. The maximum absolute atomic E-state index is 13.3. The fourth-order valence-electron chi connectivity index (χ4n) is 11.5. The Balaban J connectivity index is 1.33. The van der Waals surface area contributed by atoms with E-state index in [4.69, 9.17) is 0 Å². The van der Waals surface area contributed by atoms with Gasteiger partial charge in [-0.1, -0.05) is 42.5 Å². The lowest BCUT2D eigenvalue weighted by molar-refractivity contribution is -0.174. The second kappa shape index (κ2) is 11.5. The first-order chi connectivity index (χ1) is 21.5. The molecular weight excluding hydrogens is 544 g/mol. The zero-order valence-electron chi connectivity index (χ0n) is 26.6. The molecule has 5 aliphatic heterocycles. The lowest BCUT2D eigenvalue weighted by Gasteiger charge is -2.64. The van der Waals surface area contributed by atoms with Crippen molar-refractivity contribution in [3.63, 3.8) is 0 Å². The summed E-state index contributed by atoms with van der Waals surface area (Å²) >= 11 is 0. The van der Waals surface area contributed by atoms with Gasteiger partial charge in [-0.2, -0.15) is 0 Å². The number of aliphatic hydroxyl groups excluding tert-OH is 1. The molecule has 0 amide bonds. The largest absolute Gasteiger partial charge is 0.391 e. The SMILES string of the molecule is CC(=O)C[C@H]1C[C@H]2[C@H]([C@@H]3c4[nH]c5ccccc5c4CCN13)[C@H](O)C13CC/C=C\CCCCN1CC21CC/C=C\CCCNC13. The van der Waals surface area contributed by atoms with E-state index < -0.39 is 6.10 Å². The van der Waals surface area contributed by atoms with Crippen molar-refractivity contribution in [2.75, 3.05) is 26.2 Å². The van der Waals surface area contributed by atoms with Gasteiger partial charge in [0.1, 0.15) is 5.78 Å². The maximum atomic E-state index is 13.3. The molecule has 1 spiro atoms. The van der Waals surface area contributed by atoms with Crippen LogP contribution in [0.15, 0.2) is 48.6 Å². The first kappa shape index (κ1) is 29.2. The number of Topliss-reactive ketones (excluding diaryl/α,β-unsaturated/α-hetero) is 1. The van der Waals surface area contributed by atoms with Crippen molar-refractivity contribution < 1.29 is 9.90 Å². The van der Waals surface area contributed by atoms with E-state index >= 15 is 0 Å². The molecule has 2 bridgehead atoms. The number of carbonyl (C=O) groups excluding carboxylic acids is 1. The van der Waals surface area contributed by atoms with Crippen molar-refractivity contribution >= 4 is 16.7 Å². The van der Waals surface area contributed by atoms with Gasteiger partial charge in [0.25, 0.3) is 0 Å². The van der Waals surface area contributed by atoms with E-state index in [1.165, 1.54) is 41.4 Å². The number of hydrogen-bond donors (Lipinski definition) is 3. The number of ketones is 1. The Morgan fingerprint density at radius 1 is 1.00 bits per heavy atom. The molecule has 1 aromatic carbocycles. The van der Waals surface area contributed by atoms with Crippen molar-refractivity contribution in [1.29, 1.82) is 0 Å². The molecule has 1 aromatic heterocycles. The van der Waals surface area contributed by atoms with Crippen molar-refractivity contribution in [3.8, 4) is 0 Å². The number of piperidine rings is 1. The van der Waals surface area contributed by atoms with Crippen LogP contribution in [-0.2, 0) is 11.2 Å². The van der Waals surface area contributed by atoms with Gasteiger partial charge in [-0.05, 0) is 108 Å². The summed E-state index contributed by atoms with van der Waals surface area (Å²) in [5.41, 5.74) is 3.76. The van der Waals surface area contributed by atoms with E-state index in [0.29, 0.717) is 18.1 Å². The van der Waals surface area contributed by atoms with E-state index in [9.17, 15) is 9.90 Å². The quantitative estimate of drug-likeness (QED) is 0.367. The van der Waals surface area contributed by atoms with E-state index in [0.717, 1.165) is 77.5 Å². The predicted octanol–water partition coefficient (Wildman–Crippen LogP) is 6.07. The molecule has 6 nitrogen and oxygen atoms in total. The fourth-order valence-corrected chi connectivity index (χ4v) is 11.5. The van der Waals surface area contributed by atoms with Crippen LogP contribution in [0.4, 0.5) is 0 Å². The van der Waals surface area contributed by atoms with E-state index in [1.807, 2.05) is 0 Å². The summed E-state index contributed by atoms with van der Waals surface area (Å²) in [7, 11) is 0. The Morgan fingerprint density at radius 2 is 1.80 bits per heavy atom. The van der Waals surface area contributed by atoms with E-state index in [1.54, 1.807) is 6.92 Å². The Hall–Kier alpha value is -2.25. The third-order valence-corrected chi connectivity index (χ3v) is 13.0. The van der Waals surface area contributed by atoms with Gasteiger partial charge in [0.05, 0.1) is 17.7 Å². The van der Waals surface area contributed by atoms with Gasteiger partial charge < -0.3 is 15.4 Å². The lowest BCUT2D eigenvalue weighted by atomic mass is 9.48. The Morgan fingerprint density at radius 3 is 2.66 bits per heavy atom. The monoisotopic (exact) mass is 596 g/mol.